The van der Waals surface area contributed by atoms with Gasteiger partial charge in [-0.1, -0.05) is 24.3 Å². The molecule has 0 aromatic heterocycles. The normalized spacial score (nSPS) is 17.9. The lowest BCUT2D eigenvalue weighted by molar-refractivity contribution is 0.0527. The van der Waals surface area contributed by atoms with Gasteiger partial charge in [-0.25, -0.2) is 9.59 Å². The molecule has 1 saturated heterocycles. The lowest BCUT2D eigenvalue weighted by Gasteiger charge is -2.40. The molecule has 0 bridgehead atoms. The quantitative estimate of drug-likeness (QED) is 0.839. The van der Waals surface area contributed by atoms with Crippen molar-refractivity contribution < 1.29 is 14.3 Å². The zero-order chi connectivity index (χ0) is 18.8. The number of esters is 1. The summed E-state index contributed by atoms with van der Waals surface area (Å²) in [5.74, 6) is -0.436. The molecule has 0 aliphatic carbocycles. The fourth-order valence-electron chi connectivity index (χ4n) is 3.94. The summed E-state index contributed by atoms with van der Waals surface area (Å²) in [5, 5.41) is 2.91. The molecular weight excluding hydrogens is 342 g/mol. The minimum absolute atomic E-state index is 0.231. The summed E-state index contributed by atoms with van der Waals surface area (Å²) in [4.78, 5) is 29.4. The molecule has 0 spiro atoms. The molecule has 140 valence electrons. The molecule has 2 amide bonds. The molecule has 0 unspecified atom stereocenters. The molecule has 1 fully saturated rings. The fraction of sp³-hybridized carbons (Fsp3) is 0.333. The van der Waals surface area contributed by atoms with Crippen LogP contribution in [0, 0.1) is 0 Å². The first-order chi connectivity index (χ1) is 13.2. The molecule has 6 nitrogen and oxygen atoms in total. The van der Waals surface area contributed by atoms with Crippen LogP contribution >= 0.6 is 0 Å². The maximum Gasteiger partial charge on any atom is 0.340 e. The van der Waals surface area contributed by atoms with E-state index in [-0.39, 0.29) is 12.6 Å². The van der Waals surface area contributed by atoms with E-state index in [1.807, 2.05) is 18.2 Å². The molecule has 2 aromatic carbocycles. The number of hydrogen-bond acceptors (Lipinski definition) is 4. The van der Waals surface area contributed by atoms with E-state index in [1.54, 1.807) is 36.1 Å². The molecule has 6 heteroatoms. The Balaban J connectivity index is 1.61. The van der Waals surface area contributed by atoms with E-state index in [2.05, 4.69) is 16.3 Å². The first-order valence-electron chi connectivity index (χ1n) is 9.39. The first-order valence-corrected chi connectivity index (χ1v) is 9.39. The number of nitrogens with zero attached hydrogens (tertiary/aromatic N) is 2. The summed E-state index contributed by atoms with van der Waals surface area (Å²) in [6, 6.07) is 15.0. The van der Waals surface area contributed by atoms with Gasteiger partial charge in [0.05, 0.1) is 29.2 Å². The summed E-state index contributed by atoms with van der Waals surface area (Å²) in [6.45, 7) is 3.72. The van der Waals surface area contributed by atoms with Crippen LogP contribution in [0.4, 0.5) is 21.9 Å². The van der Waals surface area contributed by atoms with Crippen LogP contribution in [0.5, 0.6) is 0 Å². The Morgan fingerprint density at radius 1 is 1.11 bits per heavy atom. The number of ether oxygens (including phenoxy) is 1. The van der Waals surface area contributed by atoms with Gasteiger partial charge in [0.25, 0.3) is 0 Å². The van der Waals surface area contributed by atoms with Gasteiger partial charge in [-0.2, -0.15) is 0 Å². The van der Waals surface area contributed by atoms with Gasteiger partial charge in [0, 0.05) is 19.1 Å². The van der Waals surface area contributed by atoms with Gasteiger partial charge in [0.2, 0.25) is 0 Å². The average molecular weight is 365 g/mol. The van der Waals surface area contributed by atoms with Crippen LogP contribution in [0.1, 0.15) is 30.1 Å². The third-order valence-corrected chi connectivity index (χ3v) is 5.16. The Labute approximate surface area is 158 Å². The van der Waals surface area contributed by atoms with E-state index in [1.165, 1.54) is 0 Å². The van der Waals surface area contributed by atoms with Crippen LogP contribution in [0.2, 0.25) is 0 Å². The summed E-state index contributed by atoms with van der Waals surface area (Å²) < 4.78 is 5.10. The largest absolute Gasteiger partial charge is 0.462 e. The van der Waals surface area contributed by atoms with Crippen molar-refractivity contribution in [2.45, 2.75) is 25.8 Å². The van der Waals surface area contributed by atoms with Gasteiger partial charge in [-0.3, -0.25) is 4.90 Å². The van der Waals surface area contributed by atoms with Gasteiger partial charge in [-0.15, -0.1) is 0 Å². The number of anilines is 3. The number of carbonyl (C=O) groups excluding carboxylic acids is 2. The number of amides is 2. The standard InChI is InChI=1S/C21H23N3O3/c1-2-27-20(25)16-9-3-4-10-17(16)22-21(26)24-14-15-8-7-13-23(15)18-11-5-6-12-19(18)24/h3-6,9-12,15H,2,7-8,13-14H2,1H3,(H,22,26)/t15-/m0/s1. The van der Waals surface area contributed by atoms with Crippen molar-refractivity contribution in [1.82, 2.24) is 0 Å². The first kappa shape index (κ1) is 17.4. The van der Waals surface area contributed by atoms with Crippen LogP contribution in [0.3, 0.4) is 0 Å². The number of fused-ring (bicyclic) bond motifs is 3. The minimum Gasteiger partial charge on any atom is -0.462 e. The smallest absolute Gasteiger partial charge is 0.340 e. The molecule has 2 aliphatic heterocycles. The summed E-state index contributed by atoms with van der Waals surface area (Å²) in [6.07, 6.45) is 2.22. The topological polar surface area (TPSA) is 61.9 Å². The third-order valence-electron chi connectivity index (χ3n) is 5.16. The lowest BCUT2D eigenvalue weighted by atomic mass is 10.1. The summed E-state index contributed by atoms with van der Waals surface area (Å²) in [7, 11) is 0. The van der Waals surface area contributed by atoms with Gasteiger partial charge >= 0.3 is 12.0 Å². The Morgan fingerprint density at radius 2 is 1.85 bits per heavy atom. The molecule has 0 saturated carbocycles. The highest BCUT2D eigenvalue weighted by atomic mass is 16.5. The maximum absolute atomic E-state index is 13.1. The van der Waals surface area contributed by atoms with Crippen molar-refractivity contribution in [3.05, 3.63) is 54.1 Å². The Bertz CT molecular complexity index is 867. The minimum atomic E-state index is -0.436. The summed E-state index contributed by atoms with van der Waals surface area (Å²) >= 11 is 0. The molecule has 1 atom stereocenters. The number of hydrogen-bond donors (Lipinski definition) is 1. The predicted molar refractivity (Wildman–Crippen MR) is 106 cm³/mol. The second-order valence-electron chi connectivity index (χ2n) is 6.78. The van der Waals surface area contributed by atoms with Crippen LogP contribution in [-0.4, -0.2) is 37.7 Å². The number of urea groups is 1. The molecule has 27 heavy (non-hydrogen) atoms. The van der Waals surface area contributed by atoms with E-state index in [4.69, 9.17) is 4.74 Å². The maximum atomic E-state index is 13.1. The molecule has 2 aromatic rings. The fourth-order valence-corrected chi connectivity index (χ4v) is 3.94. The zero-order valence-corrected chi connectivity index (χ0v) is 15.4. The SMILES string of the molecule is CCOC(=O)c1ccccc1NC(=O)N1C[C@@H]2CCCN2c2ccccc21. The number of nitrogens with one attached hydrogen (secondary N) is 1. The van der Waals surface area contributed by atoms with E-state index in [9.17, 15) is 9.59 Å². The van der Waals surface area contributed by atoms with Crippen LogP contribution in [0.25, 0.3) is 0 Å². The highest BCUT2D eigenvalue weighted by Crippen LogP contribution is 2.39. The summed E-state index contributed by atoms with van der Waals surface area (Å²) in [5.41, 5.74) is 2.83. The Hall–Kier alpha value is -3.02. The molecule has 2 aliphatic rings. The third kappa shape index (κ3) is 3.23. The Kier molecular flexibility index (Phi) is 4.71. The predicted octanol–water partition coefficient (Wildman–Crippen LogP) is 3.88. The number of carbonyl (C=O) groups is 2. The molecular formula is C21H23N3O3. The van der Waals surface area contributed by atoms with E-state index in [0.29, 0.717) is 23.8 Å². The van der Waals surface area contributed by atoms with Crippen LogP contribution < -0.4 is 15.1 Å². The van der Waals surface area contributed by atoms with Crippen molar-refractivity contribution in [2.75, 3.05) is 34.8 Å². The molecule has 2 heterocycles. The van der Waals surface area contributed by atoms with E-state index in [0.717, 1.165) is 30.8 Å². The number of rotatable bonds is 3. The second kappa shape index (κ2) is 7.31. The van der Waals surface area contributed by atoms with Crippen LogP contribution in [0.15, 0.2) is 48.5 Å². The van der Waals surface area contributed by atoms with Gasteiger partial charge < -0.3 is 15.0 Å². The van der Waals surface area contributed by atoms with Crippen molar-refractivity contribution in [3.8, 4) is 0 Å². The molecule has 1 N–H and O–H groups in total. The van der Waals surface area contributed by atoms with E-state index >= 15 is 0 Å². The van der Waals surface area contributed by atoms with Crippen molar-refractivity contribution >= 4 is 29.1 Å². The second-order valence-corrected chi connectivity index (χ2v) is 6.78. The van der Waals surface area contributed by atoms with Crippen molar-refractivity contribution in [2.24, 2.45) is 0 Å². The average Bonchev–Trinajstić information content (AvgIpc) is 3.17. The van der Waals surface area contributed by atoms with Gasteiger partial charge in [0.15, 0.2) is 0 Å². The monoisotopic (exact) mass is 365 g/mol. The van der Waals surface area contributed by atoms with Crippen LogP contribution in [-0.2, 0) is 4.74 Å². The highest BCUT2D eigenvalue weighted by Gasteiger charge is 2.36. The number of benzene rings is 2. The molecule has 4 rings (SSSR count). The van der Waals surface area contributed by atoms with Crippen molar-refractivity contribution in [1.29, 1.82) is 0 Å². The highest BCUT2D eigenvalue weighted by molar-refractivity contribution is 6.08. The zero-order valence-electron chi connectivity index (χ0n) is 15.4. The molecule has 0 radical (unpaired) electrons. The van der Waals surface area contributed by atoms with Gasteiger partial charge in [-0.05, 0) is 44.0 Å². The number of para-hydroxylation sites is 3. The van der Waals surface area contributed by atoms with Crippen molar-refractivity contribution in [3.63, 3.8) is 0 Å². The Morgan fingerprint density at radius 3 is 2.67 bits per heavy atom. The van der Waals surface area contributed by atoms with Gasteiger partial charge in [0.1, 0.15) is 0 Å². The lowest BCUT2D eigenvalue weighted by Crippen LogP contribution is -2.49. The van der Waals surface area contributed by atoms with E-state index < -0.39 is 5.97 Å².